The summed E-state index contributed by atoms with van der Waals surface area (Å²) in [6.45, 7) is 4.66. The van der Waals surface area contributed by atoms with E-state index in [2.05, 4.69) is 0 Å². The highest BCUT2D eigenvalue weighted by molar-refractivity contribution is 7.92. The molecule has 0 aromatic heterocycles. The summed E-state index contributed by atoms with van der Waals surface area (Å²) in [7, 11) is -3.28. The van der Waals surface area contributed by atoms with E-state index in [-0.39, 0.29) is 17.1 Å². The van der Waals surface area contributed by atoms with E-state index in [9.17, 15) is 13.2 Å². The van der Waals surface area contributed by atoms with Gasteiger partial charge in [-0.2, -0.15) is 0 Å². The average molecular weight is 301 g/mol. The second kappa shape index (κ2) is 6.04. The maximum atomic E-state index is 12.4. The fraction of sp³-hybridized carbons (Fsp3) is 0.933. The molecule has 4 nitrogen and oxygen atoms in total. The third-order valence-electron chi connectivity index (χ3n) is 5.20. The van der Waals surface area contributed by atoms with Crippen molar-refractivity contribution in [2.75, 3.05) is 18.8 Å². The van der Waals surface area contributed by atoms with Crippen molar-refractivity contribution in [3.05, 3.63) is 0 Å². The van der Waals surface area contributed by atoms with Crippen molar-refractivity contribution in [2.45, 2.75) is 64.0 Å². The molecule has 0 unspecified atom stereocenters. The van der Waals surface area contributed by atoms with Gasteiger partial charge in [-0.15, -0.1) is 0 Å². The smallest absolute Gasteiger partial charge is 0.240 e. The van der Waals surface area contributed by atoms with Crippen molar-refractivity contribution in [1.82, 2.24) is 4.90 Å². The van der Waals surface area contributed by atoms with Crippen molar-refractivity contribution < 1.29 is 13.2 Å². The summed E-state index contributed by atoms with van der Waals surface area (Å²) in [4.78, 5) is 14.2. The van der Waals surface area contributed by atoms with Crippen molar-refractivity contribution >= 4 is 15.7 Å². The topological polar surface area (TPSA) is 54.5 Å². The monoisotopic (exact) mass is 301 g/mol. The van der Waals surface area contributed by atoms with Crippen LogP contribution in [0.1, 0.15) is 58.8 Å². The fourth-order valence-electron chi connectivity index (χ4n) is 3.67. The van der Waals surface area contributed by atoms with E-state index < -0.39 is 15.1 Å². The first-order valence-corrected chi connectivity index (χ1v) is 9.62. The van der Waals surface area contributed by atoms with E-state index in [1.807, 2.05) is 4.90 Å². The van der Waals surface area contributed by atoms with Crippen molar-refractivity contribution in [2.24, 2.45) is 5.41 Å². The molecular weight excluding hydrogens is 274 g/mol. The van der Waals surface area contributed by atoms with Gasteiger partial charge in [-0.25, -0.2) is 8.42 Å². The molecule has 2 aliphatic rings. The highest BCUT2D eigenvalue weighted by Gasteiger charge is 2.42. The number of carbonyl (C=O) groups is 1. The summed E-state index contributed by atoms with van der Waals surface area (Å²) < 4.78 is 23.7. The van der Waals surface area contributed by atoms with Gasteiger partial charge in [-0.05, 0) is 31.6 Å². The molecule has 2 fully saturated rings. The first-order valence-electron chi connectivity index (χ1n) is 7.91. The lowest BCUT2D eigenvalue weighted by Gasteiger charge is -2.28. The highest BCUT2D eigenvalue weighted by atomic mass is 32.2. The van der Waals surface area contributed by atoms with Crippen LogP contribution in [0.25, 0.3) is 0 Å². The number of nitrogens with zero attached hydrogens (tertiary/aromatic N) is 1. The molecule has 0 aromatic rings. The predicted octanol–water partition coefficient (Wildman–Crippen LogP) is 2.38. The number of amides is 1. The van der Waals surface area contributed by atoms with Crippen molar-refractivity contribution in [3.63, 3.8) is 0 Å². The molecular formula is C15H27NO3S. The Hall–Kier alpha value is -0.580. The largest absolute Gasteiger partial charge is 0.341 e. The molecule has 1 heterocycles. The van der Waals surface area contributed by atoms with Crippen molar-refractivity contribution in [3.8, 4) is 0 Å². The minimum Gasteiger partial charge on any atom is -0.341 e. The van der Waals surface area contributed by atoms with Crippen LogP contribution in [-0.4, -0.2) is 43.3 Å². The molecule has 1 atom stereocenters. The molecule has 1 spiro atoms. The van der Waals surface area contributed by atoms with Crippen LogP contribution >= 0.6 is 0 Å². The fourth-order valence-corrected chi connectivity index (χ4v) is 4.63. The first kappa shape index (κ1) is 15.8. The third-order valence-corrected chi connectivity index (χ3v) is 7.29. The summed E-state index contributed by atoms with van der Waals surface area (Å²) in [5.41, 5.74) is 0.280. The van der Waals surface area contributed by atoms with E-state index in [1.54, 1.807) is 13.8 Å². The normalized spacial score (nSPS) is 24.6. The van der Waals surface area contributed by atoms with Crippen LogP contribution in [0.2, 0.25) is 0 Å². The van der Waals surface area contributed by atoms with Crippen molar-refractivity contribution in [1.29, 1.82) is 0 Å². The van der Waals surface area contributed by atoms with E-state index in [4.69, 9.17) is 0 Å². The summed E-state index contributed by atoms with van der Waals surface area (Å²) >= 11 is 0. The van der Waals surface area contributed by atoms with Gasteiger partial charge in [-0.3, -0.25) is 4.79 Å². The Balaban J connectivity index is 2.03. The van der Waals surface area contributed by atoms with Crippen LogP contribution in [0.15, 0.2) is 0 Å². The summed E-state index contributed by atoms with van der Waals surface area (Å²) in [6.07, 6.45) is 8.57. The number of sulfone groups is 1. The van der Waals surface area contributed by atoms with Gasteiger partial charge < -0.3 is 4.90 Å². The maximum Gasteiger partial charge on any atom is 0.240 e. The summed E-state index contributed by atoms with van der Waals surface area (Å²) in [5.74, 6) is -0.146. The van der Waals surface area contributed by atoms with Gasteiger partial charge >= 0.3 is 0 Å². The SMILES string of the molecule is CCS(=O)(=O)[C@H](C)C(=O)N1CCC2(CCCCCC2)C1. The van der Waals surface area contributed by atoms with E-state index in [1.165, 1.54) is 38.5 Å². The Labute approximate surface area is 122 Å². The van der Waals surface area contributed by atoms with Crippen LogP contribution in [-0.2, 0) is 14.6 Å². The van der Waals surface area contributed by atoms with Crippen LogP contribution in [0.4, 0.5) is 0 Å². The molecule has 0 N–H and O–H groups in total. The number of likely N-dealkylation sites (tertiary alicyclic amines) is 1. The summed E-state index contributed by atoms with van der Waals surface area (Å²) in [5, 5.41) is -0.881. The predicted molar refractivity (Wildman–Crippen MR) is 80.3 cm³/mol. The molecule has 1 amide bonds. The molecule has 2 rings (SSSR count). The molecule has 20 heavy (non-hydrogen) atoms. The lowest BCUT2D eigenvalue weighted by Crippen LogP contribution is -2.41. The second-order valence-corrected chi connectivity index (χ2v) is 9.13. The zero-order valence-electron chi connectivity index (χ0n) is 12.7. The minimum absolute atomic E-state index is 0.0406. The molecule has 0 radical (unpaired) electrons. The van der Waals surface area contributed by atoms with Gasteiger partial charge in [0.1, 0.15) is 5.25 Å². The molecule has 0 aromatic carbocycles. The van der Waals surface area contributed by atoms with E-state index >= 15 is 0 Å². The number of rotatable bonds is 3. The van der Waals surface area contributed by atoms with Gasteiger partial charge in [0.15, 0.2) is 9.84 Å². The second-order valence-electron chi connectivity index (χ2n) is 6.52. The van der Waals surface area contributed by atoms with Gasteiger partial charge in [0, 0.05) is 18.8 Å². The standard InChI is InChI=1S/C15H27NO3S/c1-3-20(18,19)13(2)14(17)16-11-10-15(12-16)8-6-4-5-7-9-15/h13H,3-12H2,1-2H3/t13-/m1/s1. The quantitative estimate of drug-likeness (QED) is 0.804. The van der Waals surface area contributed by atoms with E-state index in [0.29, 0.717) is 0 Å². The number of carbonyl (C=O) groups excluding carboxylic acids is 1. The Bertz CT molecular complexity index is 450. The van der Waals surface area contributed by atoms with Crippen LogP contribution in [0.5, 0.6) is 0 Å². The molecule has 0 bridgehead atoms. The first-order chi connectivity index (χ1) is 9.40. The Morgan fingerprint density at radius 2 is 1.75 bits per heavy atom. The molecule has 1 aliphatic heterocycles. The highest BCUT2D eigenvalue weighted by Crippen LogP contribution is 2.42. The lowest BCUT2D eigenvalue weighted by atomic mass is 9.80. The van der Waals surface area contributed by atoms with Gasteiger partial charge in [0.25, 0.3) is 0 Å². The van der Waals surface area contributed by atoms with E-state index in [0.717, 1.165) is 19.5 Å². The average Bonchev–Trinajstić information content (AvgIpc) is 2.71. The van der Waals surface area contributed by atoms with Gasteiger partial charge in [0.2, 0.25) is 5.91 Å². The molecule has 1 saturated carbocycles. The maximum absolute atomic E-state index is 12.4. The third kappa shape index (κ3) is 3.18. The summed E-state index contributed by atoms with van der Waals surface area (Å²) in [6, 6.07) is 0. The van der Waals surface area contributed by atoms with Crippen LogP contribution < -0.4 is 0 Å². The molecule has 1 saturated heterocycles. The van der Waals surface area contributed by atoms with Gasteiger partial charge in [-0.1, -0.05) is 32.6 Å². The van der Waals surface area contributed by atoms with Crippen LogP contribution in [0, 0.1) is 5.41 Å². The molecule has 116 valence electrons. The lowest BCUT2D eigenvalue weighted by molar-refractivity contribution is -0.129. The minimum atomic E-state index is -3.28. The number of hydrogen-bond donors (Lipinski definition) is 0. The Morgan fingerprint density at radius 3 is 2.30 bits per heavy atom. The number of hydrogen-bond acceptors (Lipinski definition) is 3. The molecule has 5 heteroatoms. The zero-order chi connectivity index (χ0) is 14.8. The zero-order valence-corrected chi connectivity index (χ0v) is 13.5. The van der Waals surface area contributed by atoms with Crippen LogP contribution in [0.3, 0.4) is 0 Å². The molecule has 1 aliphatic carbocycles. The Kier molecular flexibility index (Phi) is 4.77. The Morgan fingerprint density at radius 1 is 1.15 bits per heavy atom. The van der Waals surface area contributed by atoms with Gasteiger partial charge in [0.05, 0.1) is 0 Å².